The summed E-state index contributed by atoms with van der Waals surface area (Å²) in [6.45, 7) is 1.44. The fourth-order valence-corrected chi connectivity index (χ4v) is 1.61. The minimum atomic E-state index is -0.909. The third-order valence-corrected chi connectivity index (χ3v) is 2.59. The zero-order valence-electron chi connectivity index (χ0n) is 11.8. The Kier molecular flexibility index (Phi) is 6.90. The van der Waals surface area contributed by atoms with E-state index >= 15 is 0 Å². The van der Waals surface area contributed by atoms with E-state index in [-0.39, 0.29) is 19.7 Å². The molecule has 0 saturated heterocycles. The number of benzene rings is 1. The molecule has 0 aromatic heterocycles. The number of hydrogen-bond donors (Lipinski definition) is 3. The monoisotopic (exact) mass is 293 g/mol. The number of ether oxygens (including phenoxy) is 1. The molecule has 1 aromatic rings. The molecule has 0 aliphatic heterocycles. The molecule has 7 heteroatoms. The Balaban J connectivity index is 2.72. The Labute approximate surface area is 122 Å². The minimum Gasteiger partial charge on any atom is -0.464 e. The van der Waals surface area contributed by atoms with Crippen LogP contribution in [0.15, 0.2) is 30.3 Å². The van der Waals surface area contributed by atoms with E-state index in [0.717, 1.165) is 0 Å². The molecule has 4 N–H and O–H groups in total. The van der Waals surface area contributed by atoms with Gasteiger partial charge in [0, 0.05) is 0 Å². The van der Waals surface area contributed by atoms with Crippen LogP contribution in [0.5, 0.6) is 0 Å². The molecule has 0 unspecified atom stereocenters. The lowest BCUT2D eigenvalue weighted by Gasteiger charge is -2.17. The molecule has 0 aliphatic carbocycles. The van der Waals surface area contributed by atoms with Gasteiger partial charge in [-0.05, 0) is 12.5 Å². The Bertz CT molecular complexity index is 490. The van der Waals surface area contributed by atoms with Crippen LogP contribution in [0, 0.1) is 0 Å². The number of hydrogen-bond acceptors (Lipinski definition) is 5. The van der Waals surface area contributed by atoms with Crippen molar-refractivity contribution in [1.29, 1.82) is 0 Å². The van der Waals surface area contributed by atoms with Crippen molar-refractivity contribution in [2.75, 3.05) is 19.7 Å². The van der Waals surface area contributed by atoms with Crippen LogP contribution >= 0.6 is 0 Å². The first-order valence-corrected chi connectivity index (χ1v) is 6.56. The van der Waals surface area contributed by atoms with Gasteiger partial charge in [0.05, 0.1) is 19.7 Å². The van der Waals surface area contributed by atoms with Gasteiger partial charge in [-0.15, -0.1) is 0 Å². The van der Waals surface area contributed by atoms with Crippen molar-refractivity contribution in [3.63, 3.8) is 0 Å². The van der Waals surface area contributed by atoms with Crippen LogP contribution in [-0.4, -0.2) is 37.5 Å². The van der Waals surface area contributed by atoms with Crippen LogP contribution in [0.4, 0.5) is 0 Å². The fraction of sp³-hybridized carbons (Fsp3) is 0.357. The number of carbonyl (C=O) groups is 3. The molecule has 1 atom stereocenters. The second-order valence-corrected chi connectivity index (χ2v) is 4.14. The predicted molar refractivity (Wildman–Crippen MR) is 76.0 cm³/mol. The summed E-state index contributed by atoms with van der Waals surface area (Å²) in [5.74, 6) is -1.50. The highest BCUT2D eigenvalue weighted by atomic mass is 16.5. The summed E-state index contributed by atoms with van der Waals surface area (Å²) >= 11 is 0. The average Bonchev–Trinajstić information content (AvgIpc) is 2.51. The molecular weight excluding hydrogens is 274 g/mol. The molecule has 0 fully saturated rings. The number of esters is 1. The first-order valence-electron chi connectivity index (χ1n) is 6.56. The summed E-state index contributed by atoms with van der Waals surface area (Å²) in [6, 6.07) is 7.82. The number of nitrogens with two attached hydrogens (primary N) is 1. The van der Waals surface area contributed by atoms with E-state index in [1.54, 1.807) is 37.3 Å². The molecule has 21 heavy (non-hydrogen) atoms. The lowest BCUT2D eigenvalue weighted by atomic mass is 10.1. The normalized spacial score (nSPS) is 11.3. The maximum absolute atomic E-state index is 11.9. The van der Waals surface area contributed by atoms with Crippen molar-refractivity contribution in [2.24, 2.45) is 5.73 Å². The Morgan fingerprint density at radius 3 is 2.43 bits per heavy atom. The number of rotatable bonds is 7. The largest absolute Gasteiger partial charge is 0.464 e. The van der Waals surface area contributed by atoms with E-state index in [0.29, 0.717) is 5.56 Å². The lowest BCUT2D eigenvalue weighted by Crippen LogP contribution is -2.42. The molecule has 0 saturated carbocycles. The second-order valence-electron chi connectivity index (χ2n) is 4.14. The average molecular weight is 293 g/mol. The maximum atomic E-state index is 11.9. The molecule has 2 amide bonds. The summed E-state index contributed by atoms with van der Waals surface area (Å²) in [7, 11) is 0. The van der Waals surface area contributed by atoms with Gasteiger partial charge in [-0.3, -0.25) is 9.59 Å². The van der Waals surface area contributed by atoms with Crippen molar-refractivity contribution >= 4 is 17.8 Å². The smallest absolute Gasteiger partial charge is 0.333 e. The fourth-order valence-electron chi connectivity index (χ4n) is 1.61. The highest BCUT2D eigenvalue weighted by Gasteiger charge is 2.23. The van der Waals surface area contributed by atoms with E-state index in [1.165, 1.54) is 0 Å². The zero-order valence-corrected chi connectivity index (χ0v) is 11.8. The molecule has 0 bridgehead atoms. The summed E-state index contributed by atoms with van der Waals surface area (Å²) in [5.41, 5.74) is 5.73. The van der Waals surface area contributed by atoms with E-state index in [1.807, 2.05) is 0 Å². The summed E-state index contributed by atoms with van der Waals surface area (Å²) in [4.78, 5) is 34.7. The predicted octanol–water partition coefficient (Wildman–Crippen LogP) is -0.518. The Morgan fingerprint density at radius 1 is 1.19 bits per heavy atom. The van der Waals surface area contributed by atoms with E-state index in [4.69, 9.17) is 10.5 Å². The number of amides is 2. The van der Waals surface area contributed by atoms with Crippen LogP contribution in [0.25, 0.3) is 0 Å². The Morgan fingerprint density at radius 2 is 1.86 bits per heavy atom. The molecule has 0 radical (unpaired) electrons. The lowest BCUT2D eigenvalue weighted by molar-refractivity contribution is -0.147. The SMILES string of the molecule is CCOC(=O)[C@H](NC(=O)CNC(=O)CN)c1ccccc1. The molecular formula is C14H19N3O4. The molecule has 1 aromatic carbocycles. The third-order valence-electron chi connectivity index (χ3n) is 2.59. The number of nitrogens with one attached hydrogen (secondary N) is 2. The first kappa shape index (κ1) is 16.6. The van der Waals surface area contributed by atoms with Gasteiger partial charge >= 0.3 is 5.97 Å². The molecule has 0 spiro atoms. The van der Waals surface area contributed by atoms with Crippen molar-refractivity contribution in [3.8, 4) is 0 Å². The Hall–Kier alpha value is -2.41. The molecule has 1 rings (SSSR count). The summed E-state index contributed by atoms with van der Waals surface area (Å²) in [6.07, 6.45) is 0. The highest BCUT2D eigenvalue weighted by molar-refractivity contribution is 5.89. The number of carbonyl (C=O) groups excluding carboxylic acids is 3. The van der Waals surface area contributed by atoms with Crippen LogP contribution < -0.4 is 16.4 Å². The van der Waals surface area contributed by atoms with Crippen molar-refractivity contribution < 1.29 is 19.1 Å². The van der Waals surface area contributed by atoms with Crippen molar-refractivity contribution in [1.82, 2.24) is 10.6 Å². The minimum absolute atomic E-state index is 0.201. The molecule has 7 nitrogen and oxygen atoms in total. The van der Waals surface area contributed by atoms with Gasteiger partial charge in [0.2, 0.25) is 11.8 Å². The summed E-state index contributed by atoms with van der Waals surface area (Å²) < 4.78 is 4.95. The van der Waals surface area contributed by atoms with E-state index < -0.39 is 23.8 Å². The van der Waals surface area contributed by atoms with Gasteiger partial charge in [-0.25, -0.2) is 4.79 Å². The summed E-state index contributed by atoms with van der Waals surface area (Å²) in [5, 5.41) is 4.86. The van der Waals surface area contributed by atoms with E-state index in [9.17, 15) is 14.4 Å². The van der Waals surface area contributed by atoms with Crippen LogP contribution in [0.2, 0.25) is 0 Å². The quantitative estimate of drug-likeness (QED) is 0.586. The standard InChI is InChI=1S/C14H19N3O4/c1-2-21-14(20)13(10-6-4-3-5-7-10)17-12(19)9-16-11(18)8-15/h3-7,13H,2,8-9,15H2,1H3,(H,16,18)(H,17,19)/t13-/m1/s1. The van der Waals surface area contributed by atoms with Gasteiger partial charge in [-0.2, -0.15) is 0 Å². The topological polar surface area (TPSA) is 111 Å². The van der Waals surface area contributed by atoms with Crippen LogP contribution in [-0.2, 0) is 19.1 Å². The van der Waals surface area contributed by atoms with E-state index in [2.05, 4.69) is 10.6 Å². The third kappa shape index (κ3) is 5.62. The highest BCUT2D eigenvalue weighted by Crippen LogP contribution is 2.14. The zero-order chi connectivity index (χ0) is 15.7. The molecule has 114 valence electrons. The molecule has 0 heterocycles. The van der Waals surface area contributed by atoms with Gasteiger partial charge in [0.1, 0.15) is 0 Å². The van der Waals surface area contributed by atoms with Crippen LogP contribution in [0.1, 0.15) is 18.5 Å². The van der Waals surface area contributed by atoms with Gasteiger partial charge in [0.25, 0.3) is 0 Å². The van der Waals surface area contributed by atoms with Crippen molar-refractivity contribution in [2.45, 2.75) is 13.0 Å². The first-order chi connectivity index (χ1) is 10.1. The van der Waals surface area contributed by atoms with Crippen LogP contribution in [0.3, 0.4) is 0 Å². The maximum Gasteiger partial charge on any atom is 0.333 e. The second kappa shape index (κ2) is 8.70. The van der Waals surface area contributed by atoms with Gasteiger partial charge < -0.3 is 21.1 Å². The van der Waals surface area contributed by atoms with Crippen molar-refractivity contribution in [3.05, 3.63) is 35.9 Å². The molecule has 0 aliphatic rings. The van der Waals surface area contributed by atoms with Gasteiger partial charge in [-0.1, -0.05) is 30.3 Å². The van der Waals surface area contributed by atoms with Gasteiger partial charge in [0.15, 0.2) is 6.04 Å².